The van der Waals surface area contributed by atoms with Gasteiger partial charge in [-0.2, -0.15) is 0 Å². The van der Waals surface area contributed by atoms with Crippen LogP contribution >= 0.6 is 28.1 Å². The molecule has 2 aromatic heterocycles. The normalized spacial score (nSPS) is 17.9. The average Bonchev–Trinajstić information content (AvgIpc) is 3.44. The van der Waals surface area contributed by atoms with Crippen LogP contribution in [0.2, 0.25) is 0 Å². The second-order valence-corrected chi connectivity index (χ2v) is 9.44. The summed E-state index contributed by atoms with van der Waals surface area (Å²) in [4.78, 5) is 6.76. The van der Waals surface area contributed by atoms with Gasteiger partial charge < -0.3 is 14.6 Å². The van der Waals surface area contributed by atoms with Crippen molar-refractivity contribution < 1.29 is 4.42 Å². The van der Waals surface area contributed by atoms with Crippen molar-refractivity contribution in [2.45, 2.75) is 32.4 Å². The van der Waals surface area contributed by atoms with E-state index in [9.17, 15) is 0 Å². The molecule has 0 unspecified atom stereocenters. The molecule has 0 saturated carbocycles. The number of hydrogen-bond donors (Lipinski definition) is 1. The van der Waals surface area contributed by atoms with Crippen molar-refractivity contribution >= 4 is 38.9 Å². The first-order valence-electron chi connectivity index (χ1n) is 11.0. The van der Waals surface area contributed by atoms with Gasteiger partial charge in [0.15, 0.2) is 5.11 Å². The van der Waals surface area contributed by atoms with E-state index in [1.54, 1.807) is 0 Å². The Morgan fingerprint density at radius 2 is 1.88 bits per heavy atom. The van der Waals surface area contributed by atoms with Crippen molar-refractivity contribution in [3.63, 3.8) is 0 Å². The first-order chi connectivity index (χ1) is 16.0. The van der Waals surface area contributed by atoms with E-state index in [0.29, 0.717) is 5.11 Å². The molecule has 166 valence electrons. The molecular weight excluding hydrogens is 494 g/mol. The summed E-state index contributed by atoms with van der Waals surface area (Å²) < 4.78 is 7.48. The van der Waals surface area contributed by atoms with E-state index in [1.807, 2.05) is 36.5 Å². The van der Waals surface area contributed by atoms with Gasteiger partial charge in [0.05, 0.1) is 11.7 Å². The van der Waals surface area contributed by atoms with Gasteiger partial charge in [0.2, 0.25) is 0 Å². The predicted octanol–water partition coefficient (Wildman–Crippen LogP) is 7.15. The van der Waals surface area contributed by atoms with Crippen LogP contribution in [0.1, 0.15) is 41.6 Å². The number of nitrogens with one attached hydrogen (secondary N) is 1. The summed E-state index contributed by atoms with van der Waals surface area (Å²) in [6.07, 6.45) is 2.81. The molecule has 5 rings (SSSR count). The zero-order chi connectivity index (χ0) is 22.9. The molecule has 1 aliphatic heterocycles. The molecule has 33 heavy (non-hydrogen) atoms. The molecule has 0 spiro atoms. The molecule has 6 heteroatoms. The summed E-state index contributed by atoms with van der Waals surface area (Å²) in [5, 5.41) is 4.15. The monoisotopic (exact) mass is 517 g/mol. The van der Waals surface area contributed by atoms with Crippen LogP contribution in [0.25, 0.3) is 11.3 Å². The minimum Gasteiger partial charge on any atom is -0.459 e. The molecule has 0 radical (unpaired) electrons. The minimum atomic E-state index is -0.169. The van der Waals surface area contributed by atoms with Crippen molar-refractivity contribution in [2.75, 3.05) is 4.90 Å². The summed E-state index contributed by atoms with van der Waals surface area (Å²) in [5.74, 6) is 1.65. The van der Waals surface area contributed by atoms with Crippen molar-refractivity contribution in [3.05, 3.63) is 106 Å². The number of pyridine rings is 1. The molecule has 1 N–H and O–H groups in total. The summed E-state index contributed by atoms with van der Waals surface area (Å²) in [7, 11) is 0. The maximum absolute atomic E-state index is 6.47. The van der Waals surface area contributed by atoms with Gasteiger partial charge in [-0.15, -0.1) is 0 Å². The lowest BCUT2D eigenvalue weighted by Crippen LogP contribution is -2.29. The fraction of sp³-hybridized carbons (Fsp3) is 0.185. The highest BCUT2D eigenvalue weighted by Gasteiger charge is 2.42. The van der Waals surface area contributed by atoms with Crippen LogP contribution in [-0.4, -0.2) is 10.1 Å². The van der Waals surface area contributed by atoms with E-state index in [4.69, 9.17) is 16.6 Å². The van der Waals surface area contributed by atoms with Gasteiger partial charge in [-0.1, -0.05) is 47.1 Å². The summed E-state index contributed by atoms with van der Waals surface area (Å²) >= 11 is 9.49. The molecule has 1 aliphatic rings. The second-order valence-electron chi connectivity index (χ2n) is 8.20. The highest BCUT2D eigenvalue weighted by atomic mass is 79.9. The van der Waals surface area contributed by atoms with Crippen molar-refractivity contribution in [1.82, 2.24) is 10.3 Å². The second kappa shape index (κ2) is 9.12. The molecule has 3 heterocycles. The Morgan fingerprint density at radius 1 is 1.06 bits per heavy atom. The van der Waals surface area contributed by atoms with Crippen LogP contribution in [-0.2, 0) is 6.42 Å². The Hall–Kier alpha value is -2.96. The molecule has 2 aromatic carbocycles. The van der Waals surface area contributed by atoms with Crippen molar-refractivity contribution in [3.8, 4) is 11.3 Å². The molecular formula is C27H24BrN3OS. The maximum atomic E-state index is 6.47. The molecule has 0 amide bonds. The molecule has 4 nitrogen and oxygen atoms in total. The number of furan rings is 1. The lowest BCUT2D eigenvalue weighted by molar-refractivity contribution is 0.439. The number of aromatic nitrogens is 1. The molecule has 0 bridgehead atoms. The van der Waals surface area contributed by atoms with E-state index >= 15 is 0 Å². The van der Waals surface area contributed by atoms with Crippen LogP contribution in [0.5, 0.6) is 0 Å². The number of thiocarbonyl (C=S) groups is 1. The summed E-state index contributed by atoms with van der Waals surface area (Å²) in [6.45, 7) is 4.23. The van der Waals surface area contributed by atoms with Gasteiger partial charge in [-0.05, 0) is 85.2 Å². The van der Waals surface area contributed by atoms with Crippen LogP contribution in [0.15, 0.2) is 87.9 Å². The first kappa shape index (κ1) is 21.9. The number of halogens is 1. The standard InChI is InChI=1S/C27H24BrN3OS/c1-3-18-8-10-19(11-9-18)31-26(25(30-27(31)33)22-6-4-5-15-29-22)24-14-13-23(32-24)20-12-7-17(2)16-21(20)28/h4-16,25-26H,3H2,1-2H3,(H,30,33)/t25-,26+/m0/s1. The molecule has 1 saturated heterocycles. The lowest BCUT2D eigenvalue weighted by atomic mass is 10.0. The van der Waals surface area contributed by atoms with Gasteiger partial charge in [0, 0.05) is 21.9 Å². The number of hydrogen-bond acceptors (Lipinski definition) is 3. The Labute approximate surface area is 207 Å². The smallest absolute Gasteiger partial charge is 0.174 e. The molecule has 0 aliphatic carbocycles. The first-order valence-corrected chi connectivity index (χ1v) is 12.2. The average molecular weight is 518 g/mol. The van der Waals surface area contributed by atoms with Gasteiger partial charge in [0.25, 0.3) is 0 Å². The van der Waals surface area contributed by atoms with Crippen molar-refractivity contribution in [2.24, 2.45) is 0 Å². The summed E-state index contributed by atoms with van der Waals surface area (Å²) in [6, 6.07) is 24.5. The van der Waals surface area contributed by atoms with Gasteiger partial charge in [0.1, 0.15) is 17.6 Å². The fourth-order valence-corrected chi connectivity index (χ4v) is 5.33. The van der Waals surface area contributed by atoms with Crippen LogP contribution in [0.3, 0.4) is 0 Å². The lowest BCUT2D eigenvalue weighted by Gasteiger charge is -2.26. The third-order valence-corrected chi connectivity index (χ3v) is 7.00. The largest absolute Gasteiger partial charge is 0.459 e. The highest BCUT2D eigenvalue weighted by molar-refractivity contribution is 9.10. The number of anilines is 1. The van der Waals surface area contributed by atoms with E-state index < -0.39 is 0 Å². The highest BCUT2D eigenvalue weighted by Crippen LogP contribution is 2.43. The number of benzene rings is 2. The van der Waals surface area contributed by atoms with Crippen molar-refractivity contribution in [1.29, 1.82) is 0 Å². The minimum absolute atomic E-state index is 0.134. The number of nitrogens with zero attached hydrogens (tertiary/aromatic N) is 2. The predicted molar refractivity (Wildman–Crippen MR) is 140 cm³/mol. The van der Waals surface area contributed by atoms with E-state index in [1.165, 1.54) is 11.1 Å². The van der Waals surface area contributed by atoms with Crippen LogP contribution in [0.4, 0.5) is 5.69 Å². The Morgan fingerprint density at radius 3 is 2.58 bits per heavy atom. The third-order valence-electron chi connectivity index (χ3n) is 6.03. The maximum Gasteiger partial charge on any atom is 0.174 e. The topological polar surface area (TPSA) is 41.3 Å². The van der Waals surface area contributed by atoms with Crippen LogP contribution < -0.4 is 10.2 Å². The molecule has 4 aromatic rings. The van der Waals surface area contributed by atoms with Gasteiger partial charge >= 0.3 is 0 Å². The zero-order valence-corrected chi connectivity index (χ0v) is 20.9. The zero-order valence-electron chi connectivity index (χ0n) is 18.5. The van der Waals surface area contributed by atoms with Gasteiger partial charge in [-0.25, -0.2) is 0 Å². The molecule has 2 atom stereocenters. The Bertz CT molecular complexity index is 1290. The van der Waals surface area contributed by atoms with E-state index in [-0.39, 0.29) is 12.1 Å². The SMILES string of the molecule is CCc1ccc(N2C(=S)N[C@@H](c3ccccn3)[C@H]2c2ccc(-c3ccc(C)cc3Br)o2)cc1. The Balaban J connectivity index is 1.59. The Kier molecular flexibility index (Phi) is 6.04. The number of rotatable bonds is 5. The third kappa shape index (κ3) is 4.21. The van der Waals surface area contributed by atoms with E-state index in [2.05, 4.69) is 87.4 Å². The van der Waals surface area contributed by atoms with Gasteiger partial charge in [-0.3, -0.25) is 4.98 Å². The fourth-order valence-electron chi connectivity index (χ4n) is 4.29. The van der Waals surface area contributed by atoms with E-state index in [0.717, 1.165) is 39.4 Å². The van der Waals surface area contributed by atoms with Crippen LogP contribution in [0, 0.1) is 6.92 Å². The summed E-state index contributed by atoms with van der Waals surface area (Å²) in [5.41, 5.74) is 5.46. The number of aryl methyl sites for hydroxylation is 2. The quantitative estimate of drug-likeness (QED) is 0.284. The molecule has 1 fully saturated rings.